The third kappa shape index (κ3) is 4.40. The molecule has 5 rings (SSSR count). The second kappa shape index (κ2) is 8.95. The molecule has 3 aromatic carbocycles. The summed E-state index contributed by atoms with van der Waals surface area (Å²) in [5, 5.41) is 12.1. The fourth-order valence-corrected chi connectivity index (χ4v) is 4.63. The molecule has 2 heterocycles. The molecule has 1 atom stereocenters. The molecule has 4 aromatic rings. The predicted octanol–water partition coefficient (Wildman–Crippen LogP) is 4.44. The van der Waals surface area contributed by atoms with Crippen molar-refractivity contribution < 1.29 is 14.4 Å². The minimum absolute atomic E-state index is 0.0309. The molecule has 0 radical (unpaired) electrons. The summed E-state index contributed by atoms with van der Waals surface area (Å²) in [7, 11) is 0. The minimum Gasteiger partial charge on any atom is -0.486 e. The number of nitrogens with zero attached hydrogens (tertiary/aromatic N) is 3. The third-order valence-corrected chi connectivity index (χ3v) is 6.32. The van der Waals surface area contributed by atoms with Gasteiger partial charge >= 0.3 is 0 Å². The maximum absolute atomic E-state index is 13.3. The summed E-state index contributed by atoms with van der Waals surface area (Å²) in [6, 6.07) is 21.1. The van der Waals surface area contributed by atoms with Crippen molar-refractivity contribution in [3.8, 4) is 11.5 Å². The van der Waals surface area contributed by atoms with Gasteiger partial charge in [-0.2, -0.15) is 0 Å². The SMILES string of the molecule is O=c1c2ccccc2nc(SCc2cccc([N+](=O)[O-])c2)n1CC1COc2ccccc2O1. The van der Waals surface area contributed by atoms with Crippen LogP contribution >= 0.6 is 11.8 Å². The van der Waals surface area contributed by atoms with E-state index in [1.54, 1.807) is 22.8 Å². The molecular formula is C24H19N3O5S. The van der Waals surface area contributed by atoms with Gasteiger partial charge in [0.15, 0.2) is 22.8 Å². The number of fused-ring (bicyclic) bond motifs is 2. The van der Waals surface area contributed by atoms with Crippen molar-refractivity contribution in [1.82, 2.24) is 9.55 Å². The Balaban J connectivity index is 1.46. The smallest absolute Gasteiger partial charge is 0.269 e. The van der Waals surface area contributed by atoms with Gasteiger partial charge in [-0.05, 0) is 29.8 Å². The number of benzene rings is 3. The maximum atomic E-state index is 13.3. The Hall–Kier alpha value is -3.85. The van der Waals surface area contributed by atoms with Gasteiger partial charge in [0.1, 0.15) is 6.61 Å². The van der Waals surface area contributed by atoms with Crippen LogP contribution in [0.3, 0.4) is 0 Å². The summed E-state index contributed by atoms with van der Waals surface area (Å²) >= 11 is 1.36. The molecule has 0 saturated carbocycles. The van der Waals surface area contributed by atoms with Crippen molar-refractivity contribution in [2.75, 3.05) is 6.61 Å². The van der Waals surface area contributed by atoms with E-state index in [2.05, 4.69) is 0 Å². The summed E-state index contributed by atoms with van der Waals surface area (Å²) in [5.74, 6) is 1.75. The Bertz CT molecular complexity index is 1400. The van der Waals surface area contributed by atoms with E-state index >= 15 is 0 Å². The quantitative estimate of drug-likeness (QED) is 0.181. The molecule has 1 aliphatic rings. The second-order valence-electron chi connectivity index (χ2n) is 7.54. The fraction of sp³-hybridized carbons (Fsp3) is 0.167. The standard InChI is InChI=1S/C24H19N3O5S/c28-23-19-8-1-2-9-20(19)25-24(33-15-16-6-5-7-17(12-16)27(29)30)26(23)13-18-14-31-21-10-3-4-11-22(21)32-18/h1-12,18H,13-15H2. The lowest BCUT2D eigenvalue weighted by atomic mass is 10.2. The van der Waals surface area contributed by atoms with E-state index in [1.807, 2.05) is 42.5 Å². The third-order valence-electron chi connectivity index (χ3n) is 5.27. The molecule has 1 aromatic heterocycles. The Morgan fingerprint density at radius 3 is 2.70 bits per heavy atom. The highest BCUT2D eigenvalue weighted by Crippen LogP contribution is 2.32. The Morgan fingerprint density at radius 2 is 1.85 bits per heavy atom. The molecule has 1 unspecified atom stereocenters. The number of hydrogen-bond donors (Lipinski definition) is 0. The van der Waals surface area contributed by atoms with Gasteiger partial charge in [0.25, 0.3) is 11.2 Å². The van der Waals surface area contributed by atoms with E-state index in [0.29, 0.717) is 39.9 Å². The predicted molar refractivity (Wildman–Crippen MR) is 125 cm³/mol. The van der Waals surface area contributed by atoms with Crippen molar-refractivity contribution in [3.63, 3.8) is 0 Å². The zero-order chi connectivity index (χ0) is 22.8. The summed E-state index contributed by atoms with van der Waals surface area (Å²) < 4.78 is 13.5. The zero-order valence-electron chi connectivity index (χ0n) is 17.4. The molecule has 8 nitrogen and oxygen atoms in total. The van der Waals surface area contributed by atoms with Gasteiger partial charge < -0.3 is 9.47 Å². The Morgan fingerprint density at radius 1 is 1.06 bits per heavy atom. The van der Waals surface area contributed by atoms with E-state index in [0.717, 1.165) is 5.56 Å². The van der Waals surface area contributed by atoms with Crippen LogP contribution in [0.15, 0.2) is 82.7 Å². The highest BCUT2D eigenvalue weighted by molar-refractivity contribution is 7.98. The van der Waals surface area contributed by atoms with Crippen molar-refractivity contribution in [3.05, 3.63) is 98.8 Å². The summed E-state index contributed by atoms with van der Waals surface area (Å²) in [6.07, 6.45) is -0.363. The van der Waals surface area contributed by atoms with Gasteiger partial charge in [-0.25, -0.2) is 4.98 Å². The van der Waals surface area contributed by atoms with Crippen LogP contribution in [0.25, 0.3) is 10.9 Å². The first-order valence-corrected chi connectivity index (χ1v) is 11.3. The molecule has 33 heavy (non-hydrogen) atoms. The van der Waals surface area contributed by atoms with E-state index in [1.165, 1.54) is 23.9 Å². The van der Waals surface area contributed by atoms with Gasteiger partial charge in [0.2, 0.25) is 0 Å². The Kier molecular flexibility index (Phi) is 5.70. The summed E-state index contributed by atoms with van der Waals surface area (Å²) in [4.78, 5) is 28.7. The average molecular weight is 461 g/mol. The first-order valence-electron chi connectivity index (χ1n) is 10.3. The van der Waals surface area contributed by atoms with Crippen molar-refractivity contribution in [1.29, 1.82) is 0 Å². The molecule has 1 aliphatic heterocycles. The normalized spacial score (nSPS) is 14.8. The van der Waals surface area contributed by atoms with Crippen LogP contribution in [0.2, 0.25) is 0 Å². The largest absolute Gasteiger partial charge is 0.486 e. The number of aromatic nitrogens is 2. The van der Waals surface area contributed by atoms with Crippen LogP contribution in [0, 0.1) is 10.1 Å². The molecule has 0 aliphatic carbocycles. The molecular weight excluding hydrogens is 442 g/mol. The Labute approximate surface area is 192 Å². The van der Waals surface area contributed by atoms with Gasteiger partial charge in [0, 0.05) is 17.9 Å². The molecule has 0 saturated heterocycles. The molecule has 0 fully saturated rings. The van der Waals surface area contributed by atoms with E-state index in [9.17, 15) is 14.9 Å². The summed E-state index contributed by atoms with van der Waals surface area (Å²) in [5.41, 5.74) is 1.24. The van der Waals surface area contributed by atoms with E-state index in [4.69, 9.17) is 14.5 Å². The van der Waals surface area contributed by atoms with Gasteiger partial charge in [0.05, 0.1) is 22.4 Å². The molecule has 0 spiro atoms. The van der Waals surface area contributed by atoms with Crippen molar-refractivity contribution in [2.24, 2.45) is 0 Å². The number of nitro groups is 1. The highest BCUT2D eigenvalue weighted by Gasteiger charge is 2.23. The maximum Gasteiger partial charge on any atom is 0.269 e. The number of ether oxygens (including phenoxy) is 2. The van der Waals surface area contributed by atoms with E-state index < -0.39 is 4.92 Å². The minimum atomic E-state index is -0.420. The number of hydrogen-bond acceptors (Lipinski definition) is 7. The van der Waals surface area contributed by atoms with Gasteiger partial charge in [-0.1, -0.05) is 48.2 Å². The van der Waals surface area contributed by atoms with Crippen LogP contribution in [0.4, 0.5) is 5.69 Å². The van der Waals surface area contributed by atoms with Gasteiger partial charge in [-0.3, -0.25) is 19.5 Å². The number of thioether (sulfide) groups is 1. The first kappa shape index (κ1) is 21.0. The number of para-hydroxylation sites is 3. The highest BCUT2D eigenvalue weighted by atomic mass is 32.2. The van der Waals surface area contributed by atoms with E-state index in [-0.39, 0.29) is 23.9 Å². The molecule has 9 heteroatoms. The topological polar surface area (TPSA) is 96.5 Å². The second-order valence-corrected chi connectivity index (χ2v) is 8.48. The van der Waals surface area contributed by atoms with Gasteiger partial charge in [-0.15, -0.1) is 0 Å². The lowest BCUT2D eigenvalue weighted by Crippen LogP contribution is -2.37. The van der Waals surface area contributed by atoms with Crippen LogP contribution in [0.1, 0.15) is 5.56 Å². The van der Waals surface area contributed by atoms with Crippen LogP contribution < -0.4 is 15.0 Å². The lowest BCUT2D eigenvalue weighted by molar-refractivity contribution is -0.384. The number of nitro benzene ring substituents is 1. The fourth-order valence-electron chi connectivity index (χ4n) is 3.68. The average Bonchev–Trinajstić information content (AvgIpc) is 2.85. The summed E-state index contributed by atoms with van der Waals surface area (Å²) in [6.45, 7) is 0.577. The van der Waals surface area contributed by atoms with Crippen LogP contribution in [0.5, 0.6) is 11.5 Å². The molecule has 166 valence electrons. The van der Waals surface area contributed by atoms with Crippen LogP contribution in [-0.2, 0) is 12.3 Å². The van der Waals surface area contributed by atoms with Crippen molar-refractivity contribution >= 4 is 28.4 Å². The first-order chi connectivity index (χ1) is 16.1. The van der Waals surface area contributed by atoms with Crippen molar-refractivity contribution in [2.45, 2.75) is 23.6 Å². The number of non-ortho nitro benzene ring substituents is 1. The molecule has 0 amide bonds. The zero-order valence-corrected chi connectivity index (χ0v) is 18.2. The lowest BCUT2D eigenvalue weighted by Gasteiger charge is -2.27. The molecule has 0 N–H and O–H groups in total. The molecule has 0 bridgehead atoms. The number of rotatable bonds is 6. The van der Waals surface area contributed by atoms with Crippen LogP contribution in [-0.4, -0.2) is 27.2 Å². The monoisotopic (exact) mass is 461 g/mol.